The molecule has 0 radical (unpaired) electrons. The van der Waals surface area contributed by atoms with Crippen molar-refractivity contribution in [1.29, 1.82) is 0 Å². The molecule has 1 aliphatic carbocycles. The molecule has 3 aliphatic rings. The van der Waals surface area contributed by atoms with Crippen molar-refractivity contribution in [3.8, 4) is 0 Å². The Morgan fingerprint density at radius 3 is 2.80 bits per heavy atom. The van der Waals surface area contributed by atoms with Gasteiger partial charge in [-0.15, -0.1) is 0 Å². The molecule has 4 heterocycles. The fourth-order valence-corrected chi connectivity index (χ4v) is 3.85. The zero-order chi connectivity index (χ0) is 20.3. The van der Waals surface area contributed by atoms with Gasteiger partial charge in [0, 0.05) is 49.4 Å². The summed E-state index contributed by atoms with van der Waals surface area (Å²) in [4.78, 5) is 17.3. The van der Waals surface area contributed by atoms with Gasteiger partial charge < -0.3 is 20.3 Å². The molecule has 10 heteroatoms. The number of nitrogens with one attached hydrogen (secondary N) is 4. The van der Waals surface area contributed by atoms with Gasteiger partial charge in [-0.2, -0.15) is 20.5 Å². The van der Waals surface area contributed by atoms with E-state index in [1.54, 1.807) is 0 Å². The number of anilines is 4. The monoisotopic (exact) mass is 414 g/mol. The van der Waals surface area contributed by atoms with E-state index in [0.717, 1.165) is 43.4 Å². The summed E-state index contributed by atoms with van der Waals surface area (Å²) in [6.07, 6.45) is 4.62. The molecule has 2 aromatic heterocycles. The summed E-state index contributed by atoms with van der Waals surface area (Å²) in [6.45, 7) is 5.87. The van der Waals surface area contributed by atoms with E-state index in [-0.39, 0.29) is 6.10 Å². The molecule has 2 atom stereocenters. The predicted octanol–water partition coefficient (Wildman–Crippen LogP) is 2.14. The molecule has 10 nitrogen and oxygen atoms in total. The number of hydrogen-bond acceptors (Lipinski definition) is 9. The van der Waals surface area contributed by atoms with E-state index in [2.05, 4.69) is 49.2 Å². The SMILES string of the molecule is CCC1CC(CNc2nc(Nc3cc(C4CC4)[nH]n3)cc(N3CCOCC3)n2)ON1. The molecule has 3 fully saturated rings. The minimum atomic E-state index is 0.106. The average Bonchev–Trinajstić information content (AvgIpc) is 3.35. The predicted molar refractivity (Wildman–Crippen MR) is 114 cm³/mol. The van der Waals surface area contributed by atoms with Crippen molar-refractivity contribution in [2.45, 2.75) is 50.7 Å². The minimum absolute atomic E-state index is 0.106. The van der Waals surface area contributed by atoms with Crippen LogP contribution in [0, 0.1) is 0 Å². The lowest BCUT2D eigenvalue weighted by atomic mass is 10.1. The van der Waals surface area contributed by atoms with Crippen molar-refractivity contribution >= 4 is 23.4 Å². The zero-order valence-electron chi connectivity index (χ0n) is 17.4. The molecule has 2 aromatic rings. The summed E-state index contributed by atoms with van der Waals surface area (Å²) >= 11 is 0. The number of ether oxygens (including phenoxy) is 1. The van der Waals surface area contributed by atoms with Crippen LogP contribution in [0.4, 0.5) is 23.4 Å². The molecule has 0 spiro atoms. The van der Waals surface area contributed by atoms with Gasteiger partial charge >= 0.3 is 0 Å². The summed E-state index contributed by atoms with van der Waals surface area (Å²) < 4.78 is 5.49. The standard InChI is InChI=1S/C20H30N8O2/c1-2-14-9-15(30-27-14)12-21-20-23-17(11-19(24-20)28-5-7-29-8-6-28)22-18-10-16(25-26-18)13-3-4-13/h10-11,13-15,27H,2-9,12H2,1H3,(H3,21,22,23,24,25,26). The Morgan fingerprint density at radius 2 is 2.03 bits per heavy atom. The lowest BCUT2D eigenvalue weighted by Gasteiger charge is -2.28. The molecule has 0 bridgehead atoms. The van der Waals surface area contributed by atoms with E-state index in [0.29, 0.717) is 37.7 Å². The first-order valence-electron chi connectivity index (χ1n) is 11.0. The van der Waals surface area contributed by atoms with Crippen LogP contribution >= 0.6 is 0 Å². The first kappa shape index (κ1) is 19.5. The average molecular weight is 415 g/mol. The van der Waals surface area contributed by atoms with Gasteiger partial charge in [-0.25, -0.2) is 0 Å². The van der Waals surface area contributed by atoms with Gasteiger partial charge in [0.15, 0.2) is 5.82 Å². The van der Waals surface area contributed by atoms with Crippen LogP contribution in [0.5, 0.6) is 0 Å². The van der Waals surface area contributed by atoms with Crippen molar-refractivity contribution in [3.63, 3.8) is 0 Å². The molecule has 1 saturated carbocycles. The molecule has 5 rings (SSSR count). The summed E-state index contributed by atoms with van der Waals surface area (Å²) in [5.74, 6) is 3.60. The van der Waals surface area contributed by atoms with E-state index < -0.39 is 0 Å². The Hall–Kier alpha value is -2.43. The second-order valence-corrected chi connectivity index (χ2v) is 8.22. The molecule has 2 aliphatic heterocycles. The highest BCUT2D eigenvalue weighted by Gasteiger charge is 2.26. The highest BCUT2D eigenvalue weighted by Crippen LogP contribution is 2.39. The highest BCUT2D eigenvalue weighted by atomic mass is 16.7. The Labute approximate surface area is 176 Å². The minimum Gasteiger partial charge on any atom is -0.378 e. The Kier molecular flexibility index (Phi) is 5.69. The second-order valence-electron chi connectivity index (χ2n) is 8.22. The number of aromatic nitrogens is 4. The fraction of sp³-hybridized carbons (Fsp3) is 0.650. The summed E-state index contributed by atoms with van der Waals surface area (Å²) in [5, 5.41) is 14.2. The van der Waals surface area contributed by atoms with E-state index in [9.17, 15) is 0 Å². The number of H-pyrrole nitrogens is 1. The van der Waals surface area contributed by atoms with Gasteiger partial charge in [-0.05, 0) is 25.7 Å². The van der Waals surface area contributed by atoms with Gasteiger partial charge in [0.1, 0.15) is 11.6 Å². The first-order valence-corrected chi connectivity index (χ1v) is 11.0. The van der Waals surface area contributed by atoms with Gasteiger partial charge in [0.05, 0.1) is 19.3 Å². The van der Waals surface area contributed by atoms with Crippen LogP contribution in [0.3, 0.4) is 0 Å². The fourth-order valence-electron chi connectivity index (χ4n) is 3.85. The van der Waals surface area contributed by atoms with Crippen LogP contribution < -0.4 is 21.0 Å². The molecule has 30 heavy (non-hydrogen) atoms. The second kappa shape index (κ2) is 8.75. The molecule has 0 amide bonds. The lowest BCUT2D eigenvalue weighted by molar-refractivity contribution is 0.0331. The summed E-state index contributed by atoms with van der Waals surface area (Å²) in [7, 11) is 0. The van der Waals surface area contributed by atoms with Gasteiger partial charge in [0.25, 0.3) is 0 Å². The van der Waals surface area contributed by atoms with Gasteiger partial charge in [0.2, 0.25) is 5.95 Å². The normalized spacial score (nSPS) is 24.2. The van der Waals surface area contributed by atoms with Crippen LogP contribution in [-0.2, 0) is 9.57 Å². The van der Waals surface area contributed by atoms with E-state index in [1.165, 1.54) is 18.5 Å². The number of hydrogen-bond donors (Lipinski definition) is 4. The number of nitrogens with zero attached hydrogens (tertiary/aromatic N) is 4. The molecular formula is C20H30N8O2. The van der Waals surface area contributed by atoms with Crippen LogP contribution in [0.25, 0.3) is 0 Å². The van der Waals surface area contributed by atoms with Gasteiger partial charge in [-0.1, -0.05) is 6.92 Å². The molecular weight excluding hydrogens is 384 g/mol. The quantitative estimate of drug-likeness (QED) is 0.516. The Bertz CT molecular complexity index is 849. The van der Waals surface area contributed by atoms with E-state index >= 15 is 0 Å². The van der Waals surface area contributed by atoms with Crippen LogP contribution in [0.1, 0.15) is 44.2 Å². The van der Waals surface area contributed by atoms with E-state index in [1.807, 2.05) is 6.07 Å². The highest BCUT2D eigenvalue weighted by molar-refractivity contribution is 5.60. The first-order chi connectivity index (χ1) is 14.8. The molecule has 162 valence electrons. The van der Waals surface area contributed by atoms with Crippen molar-refractivity contribution in [2.75, 3.05) is 48.4 Å². The van der Waals surface area contributed by atoms with Crippen LogP contribution in [0.15, 0.2) is 12.1 Å². The largest absolute Gasteiger partial charge is 0.378 e. The smallest absolute Gasteiger partial charge is 0.226 e. The molecule has 2 saturated heterocycles. The number of morpholine rings is 1. The molecule has 0 aromatic carbocycles. The Morgan fingerprint density at radius 1 is 1.17 bits per heavy atom. The molecule has 2 unspecified atom stereocenters. The lowest BCUT2D eigenvalue weighted by Crippen LogP contribution is -2.37. The number of hydroxylamine groups is 1. The number of aromatic amines is 1. The third-order valence-electron chi connectivity index (χ3n) is 5.85. The van der Waals surface area contributed by atoms with E-state index in [4.69, 9.17) is 14.6 Å². The third kappa shape index (κ3) is 4.66. The summed E-state index contributed by atoms with van der Waals surface area (Å²) in [6, 6.07) is 4.46. The topological polar surface area (TPSA) is 112 Å². The Balaban J connectivity index is 1.31. The van der Waals surface area contributed by atoms with Gasteiger partial charge in [-0.3, -0.25) is 9.94 Å². The zero-order valence-corrected chi connectivity index (χ0v) is 17.4. The maximum atomic E-state index is 5.66. The molecule has 4 N–H and O–H groups in total. The van der Waals surface area contributed by atoms with Crippen LogP contribution in [0.2, 0.25) is 0 Å². The summed E-state index contributed by atoms with van der Waals surface area (Å²) in [5.41, 5.74) is 4.28. The maximum absolute atomic E-state index is 5.66. The third-order valence-corrected chi connectivity index (χ3v) is 5.85. The maximum Gasteiger partial charge on any atom is 0.226 e. The van der Waals surface area contributed by atoms with Crippen molar-refractivity contribution in [3.05, 3.63) is 17.8 Å². The number of rotatable bonds is 8. The van der Waals surface area contributed by atoms with Crippen molar-refractivity contribution in [1.82, 2.24) is 25.6 Å². The van der Waals surface area contributed by atoms with Crippen molar-refractivity contribution in [2.24, 2.45) is 0 Å². The van der Waals surface area contributed by atoms with Crippen molar-refractivity contribution < 1.29 is 9.57 Å². The van der Waals surface area contributed by atoms with Crippen LogP contribution in [-0.4, -0.2) is 65.2 Å².